The fourth-order valence-corrected chi connectivity index (χ4v) is 2.67. The molecule has 0 unspecified atom stereocenters. The fourth-order valence-electron chi connectivity index (χ4n) is 1.52. The van der Waals surface area contributed by atoms with Gasteiger partial charge < -0.3 is 5.73 Å². The minimum atomic E-state index is -0.743. The van der Waals surface area contributed by atoms with Gasteiger partial charge in [-0.25, -0.2) is 0 Å². The Morgan fingerprint density at radius 2 is 1.47 bits per heavy atom. The van der Waals surface area contributed by atoms with E-state index >= 15 is 0 Å². The van der Waals surface area contributed by atoms with E-state index in [4.69, 9.17) is 52.1 Å². The van der Waals surface area contributed by atoms with E-state index in [9.17, 15) is 9.59 Å². The molecule has 0 amide bonds. The van der Waals surface area contributed by atoms with Gasteiger partial charge in [-0.3, -0.25) is 14.7 Å². The topological polar surface area (TPSA) is 80.9 Å². The molecule has 0 aliphatic carbocycles. The molecule has 19 heavy (non-hydrogen) atoms. The van der Waals surface area contributed by atoms with Crippen molar-refractivity contribution in [2.45, 2.75) is 0 Å². The van der Waals surface area contributed by atoms with Gasteiger partial charge in [-0.15, -0.1) is 0 Å². The van der Waals surface area contributed by atoms with Crippen LogP contribution in [-0.2, 0) is 0 Å². The Morgan fingerprint density at radius 1 is 1.00 bits per heavy atom. The van der Waals surface area contributed by atoms with Crippen molar-refractivity contribution in [1.82, 2.24) is 9.78 Å². The standard InChI is InChI=1S/C9H3Cl4N3O2S/c10-3-1-2(4(11)6(13)5(3)12)8(18)16(9(14)19)15-7(1)17/h(H2,14,19)(H,15,17). The highest BCUT2D eigenvalue weighted by Gasteiger charge is 2.21. The van der Waals surface area contributed by atoms with Gasteiger partial charge in [-0.2, -0.15) is 4.68 Å². The summed E-state index contributed by atoms with van der Waals surface area (Å²) in [6, 6.07) is 0. The van der Waals surface area contributed by atoms with Crippen LogP contribution < -0.4 is 16.9 Å². The third kappa shape index (κ3) is 2.13. The summed E-state index contributed by atoms with van der Waals surface area (Å²) in [5.74, 6) is 0. The zero-order chi connectivity index (χ0) is 14.5. The molecule has 0 saturated carbocycles. The van der Waals surface area contributed by atoms with Gasteiger partial charge in [0, 0.05) is 0 Å². The number of aromatic nitrogens is 2. The van der Waals surface area contributed by atoms with E-state index in [1.165, 1.54) is 0 Å². The summed E-state index contributed by atoms with van der Waals surface area (Å²) in [5.41, 5.74) is 3.86. The number of aromatic amines is 1. The normalized spacial score (nSPS) is 10.9. The Bertz CT molecular complexity index is 842. The molecule has 1 heterocycles. The molecule has 1 aromatic heterocycles. The Balaban J connectivity index is 3.24. The Kier molecular flexibility index (Phi) is 3.81. The molecule has 3 N–H and O–H groups in total. The molecule has 0 spiro atoms. The molecule has 10 heteroatoms. The van der Waals surface area contributed by atoms with E-state index in [1.54, 1.807) is 0 Å². The summed E-state index contributed by atoms with van der Waals surface area (Å²) in [4.78, 5) is 24.1. The fraction of sp³-hybridized carbons (Fsp3) is 0. The molecule has 0 atom stereocenters. The molecule has 0 aliphatic rings. The zero-order valence-corrected chi connectivity index (χ0v) is 12.6. The number of benzene rings is 1. The first-order valence-corrected chi connectivity index (χ1v) is 6.50. The lowest BCUT2D eigenvalue weighted by molar-refractivity contribution is 0.851. The van der Waals surface area contributed by atoms with Crippen LogP contribution in [0.3, 0.4) is 0 Å². The molecular weight excluding hydrogens is 356 g/mol. The van der Waals surface area contributed by atoms with Crippen molar-refractivity contribution in [3.63, 3.8) is 0 Å². The van der Waals surface area contributed by atoms with E-state index < -0.39 is 11.1 Å². The van der Waals surface area contributed by atoms with E-state index in [1.807, 2.05) is 0 Å². The summed E-state index contributed by atoms with van der Waals surface area (Å²) >= 11 is 28.2. The lowest BCUT2D eigenvalue weighted by Gasteiger charge is -2.09. The average Bonchev–Trinajstić information content (AvgIpc) is 2.35. The number of rotatable bonds is 0. The number of fused-ring (bicyclic) bond motifs is 1. The van der Waals surface area contributed by atoms with Crippen molar-refractivity contribution in [2.75, 3.05) is 0 Å². The Morgan fingerprint density at radius 3 is 1.95 bits per heavy atom. The second-order valence-corrected chi connectivity index (χ2v) is 5.36. The van der Waals surface area contributed by atoms with Crippen molar-refractivity contribution >= 4 is 74.5 Å². The van der Waals surface area contributed by atoms with E-state index in [2.05, 4.69) is 17.3 Å². The summed E-state index contributed by atoms with van der Waals surface area (Å²) in [6.07, 6.45) is 0. The van der Waals surface area contributed by atoms with Crippen LogP contribution in [0.4, 0.5) is 0 Å². The molecule has 0 fully saturated rings. The van der Waals surface area contributed by atoms with Crippen LogP contribution in [0.15, 0.2) is 9.59 Å². The monoisotopic (exact) mass is 357 g/mol. The summed E-state index contributed by atoms with van der Waals surface area (Å²) in [7, 11) is 0. The molecule has 2 rings (SSSR count). The van der Waals surface area contributed by atoms with Gasteiger partial charge in [0.25, 0.3) is 11.1 Å². The van der Waals surface area contributed by atoms with Crippen molar-refractivity contribution in [3.8, 4) is 0 Å². The summed E-state index contributed by atoms with van der Waals surface area (Å²) in [6.45, 7) is 0. The Labute approximate surface area is 130 Å². The SMILES string of the molecule is NC(=S)n1[nH]c(=O)c2c(Cl)c(Cl)c(Cl)c(Cl)c2c1=O. The highest BCUT2D eigenvalue weighted by Crippen LogP contribution is 2.40. The molecule has 0 saturated heterocycles. The Hall–Kier alpha value is -0.790. The van der Waals surface area contributed by atoms with Crippen LogP contribution in [0.25, 0.3) is 10.8 Å². The molecule has 0 bridgehead atoms. The van der Waals surface area contributed by atoms with E-state index in [0.29, 0.717) is 4.68 Å². The van der Waals surface area contributed by atoms with Gasteiger partial charge in [0.05, 0.1) is 30.9 Å². The number of nitrogens with two attached hydrogens (primary N) is 1. The third-order valence-electron chi connectivity index (χ3n) is 2.34. The minimum absolute atomic E-state index is 0.112. The van der Waals surface area contributed by atoms with Crippen LogP contribution in [0.1, 0.15) is 0 Å². The van der Waals surface area contributed by atoms with Gasteiger partial charge in [-0.05, 0) is 12.2 Å². The minimum Gasteiger partial charge on any atom is -0.374 e. The predicted molar refractivity (Wildman–Crippen MR) is 81.1 cm³/mol. The number of nitrogens with one attached hydrogen (secondary N) is 1. The van der Waals surface area contributed by atoms with Gasteiger partial charge in [-0.1, -0.05) is 46.4 Å². The number of hydrogen-bond donors (Lipinski definition) is 2. The van der Waals surface area contributed by atoms with Crippen LogP contribution in [0, 0.1) is 0 Å². The number of hydrogen-bond acceptors (Lipinski definition) is 3. The van der Waals surface area contributed by atoms with Crippen molar-refractivity contribution in [3.05, 3.63) is 40.8 Å². The number of H-pyrrole nitrogens is 1. The van der Waals surface area contributed by atoms with Gasteiger partial charge in [0.1, 0.15) is 0 Å². The summed E-state index contributed by atoms with van der Waals surface area (Å²) in [5, 5.41) is 0.867. The molecule has 2 aromatic rings. The lowest BCUT2D eigenvalue weighted by Crippen LogP contribution is -2.38. The molecule has 0 radical (unpaired) electrons. The largest absolute Gasteiger partial charge is 0.374 e. The second-order valence-electron chi connectivity index (χ2n) is 3.43. The van der Waals surface area contributed by atoms with Crippen molar-refractivity contribution in [2.24, 2.45) is 5.73 Å². The number of nitrogens with zero attached hydrogens (tertiary/aromatic N) is 1. The predicted octanol–water partition coefficient (Wildman–Crippen LogP) is 2.40. The first-order chi connectivity index (χ1) is 8.77. The number of thiocarbonyl (C=S) groups is 1. The highest BCUT2D eigenvalue weighted by molar-refractivity contribution is 7.80. The maximum absolute atomic E-state index is 12.1. The second kappa shape index (κ2) is 4.96. The average molecular weight is 359 g/mol. The van der Waals surface area contributed by atoms with Crippen LogP contribution in [-0.4, -0.2) is 14.9 Å². The maximum atomic E-state index is 12.1. The van der Waals surface area contributed by atoms with Crippen molar-refractivity contribution in [1.29, 1.82) is 0 Å². The maximum Gasteiger partial charge on any atom is 0.281 e. The first-order valence-electron chi connectivity index (χ1n) is 4.58. The van der Waals surface area contributed by atoms with Gasteiger partial charge >= 0.3 is 0 Å². The molecule has 100 valence electrons. The quantitative estimate of drug-likeness (QED) is 0.430. The number of halogens is 4. The van der Waals surface area contributed by atoms with Crippen LogP contribution in [0.2, 0.25) is 20.1 Å². The molecule has 1 aromatic carbocycles. The van der Waals surface area contributed by atoms with Gasteiger partial charge in [0.15, 0.2) is 5.11 Å². The third-order valence-corrected chi connectivity index (χ3v) is 4.33. The van der Waals surface area contributed by atoms with Crippen LogP contribution in [0.5, 0.6) is 0 Å². The van der Waals surface area contributed by atoms with Crippen molar-refractivity contribution < 1.29 is 0 Å². The van der Waals surface area contributed by atoms with Crippen LogP contribution >= 0.6 is 58.6 Å². The van der Waals surface area contributed by atoms with Gasteiger partial charge in [0.2, 0.25) is 0 Å². The molecular formula is C9H3Cl4N3O2S. The smallest absolute Gasteiger partial charge is 0.281 e. The van der Waals surface area contributed by atoms with E-state index in [-0.39, 0.29) is 36.0 Å². The highest BCUT2D eigenvalue weighted by atomic mass is 35.5. The summed E-state index contributed by atoms with van der Waals surface area (Å²) < 4.78 is 0.673. The first kappa shape index (κ1) is 14.6. The molecule has 0 aliphatic heterocycles. The molecule has 5 nitrogen and oxygen atoms in total. The zero-order valence-electron chi connectivity index (χ0n) is 8.76. The lowest BCUT2D eigenvalue weighted by atomic mass is 10.2. The van der Waals surface area contributed by atoms with E-state index in [0.717, 1.165) is 0 Å².